The fourth-order valence-corrected chi connectivity index (χ4v) is 5.25. The van der Waals surface area contributed by atoms with Crippen molar-refractivity contribution in [1.29, 1.82) is 0 Å². The SMILES string of the molecule is C[C@@H]1CCc2nc(NC(=O)[C@@H]3CCCN(C(=O)c4ccc(Cl)cc4)C3)sc2C1. The molecule has 148 valence electrons. The summed E-state index contributed by atoms with van der Waals surface area (Å²) in [4.78, 5) is 33.2. The Kier molecular flexibility index (Phi) is 5.69. The van der Waals surface area contributed by atoms with Crippen molar-refractivity contribution in [3.05, 3.63) is 45.4 Å². The number of aryl methyl sites for hydroxylation is 1. The van der Waals surface area contributed by atoms with Gasteiger partial charge in [-0.25, -0.2) is 4.98 Å². The van der Waals surface area contributed by atoms with Gasteiger partial charge in [-0.3, -0.25) is 9.59 Å². The van der Waals surface area contributed by atoms with E-state index in [1.54, 1.807) is 40.5 Å². The van der Waals surface area contributed by atoms with E-state index in [0.29, 0.717) is 34.7 Å². The van der Waals surface area contributed by atoms with E-state index >= 15 is 0 Å². The molecule has 2 amide bonds. The molecular weight excluding hydrogens is 394 g/mol. The minimum atomic E-state index is -0.204. The molecule has 0 saturated carbocycles. The van der Waals surface area contributed by atoms with Crippen molar-refractivity contribution in [2.75, 3.05) is 18.4 Å². The zero-order valence-corrected chi connectivity index (χ0v) is 17.5. The first-order valence-corrected chi connectivity index (χ1v) is 11.0. The van der Waals surface area contributed by atoms with Crippen LogP contribution < -0.4 is 5.32 Å². The van der Waals surface area contributed by atoms with E-state index in [1.807, 2.05) is 0 Å². The maximum absolute atomic E-state index is 12.8. The maximum atomic E-state index is 12.8. The number of hydrogen-bond donors (Lipinski definition) is 1. The topological polar surface area (TPSA) is 62.3 Å². The van der Waals surface area contributed by atoms with Crippen molar-refractivity contribution >= 4 is 39.9 Å². The van der Waals surface area contributed by atoms with Crippen molar-refractivity contribution < 1.29 is 9.59 Å². The van der Waals surface area contributed by atoms with Gasteiger partial charge in [0, 0.05) is 28.6 Å². The fraction of sp³-hybridized carbons (Fsp3) is 0.476. The van der Waals surface area contributed by atoms with E-state index in [0.717, 1.165) is 37.8 Å². The molecule has 0 unspecified atom stereocenters. The summed E-state index contributed by atoms with van der Waals surface area (Å²) >= 11 is 7.51. The number of nitrogens with one attached hydrogen (secondary N) is 1. The standard InChI is InChI=1S/C21H24ClN3O2S/c1-13-4-9-17-18(11-13)28-21(23-17)24-19(26)15-3-2-10-25(12-15)20(27)14-5-7-16(22)8-6-14/h5-8,13,15H,2-4,9-12H2,1H3,(H,23,24,26)/t13-,15-/m1/s1. The summed E-state index contributed by atoms with van der Waals surface area (Å²) in [5.41, 5.74) is 1.74. The van der Waals surface area contributed by atoms with Crippen molar-refractivity contribution in [2.24, 2.45) is 11.8 Å². The molecule has 1 saturated heterocycles. The second-order valence-electron chi connectivity index (χ2n) is 7.82. The number of thiazole rings is 1. The number of benzene rings is 1. The van der Waals surface area contributed by atoms with Crippen LogP contribution >= 0.6 is 22.9 Å². The van der Waals surface area contributed by atoms with Gasteiger partial charge in [0.15, 0.2) is 5.13 Å². The Hall–Kier alpha value is -1.92. The van der Waals surface area contributed by atoms with Gasteiger partial charge in [0.2, 0.25) is 5.91 Å². The highest BCUT2D eigenvalue weighted by Crippen LogP contribution is 2.32. The summed E-state index contributed by atoms with van der Waals surface area (Å²) in [5.74, 6) is 0.396. The first-order chi connectivity index (χ1) is 13.5. The van der Waals surface area contributed by atoms with Crippen molar-refractivity contribution in [3.8, 4) is 0 Å². The van der Waals surface area contributed by atoms with Gasteiger partial charge < -0.3 is 10.2 Å². The van der Waals surface area contributed by atoms with Crippen LogP contribution in [0.15, 0.2) is 24.3 Å². The van der Waals surface area contributed by atoms with Gasteiger partial charge in [-0.15, -0.1) is 11.3 Å². The lowest BCUT2D eigenvalue weighted by atomic mass is 9.93. The third-order valence-corrected chi connectivity index (χ3v) is 6.87. The van der Waals surface area contributed by atoms with Crippen LogP contribution in [0.2, 0.25) is 5.02 Å². The molecule has 2 aromatic rings. The molecule has 7 heteroatoms. The smallest absolute Gasteiger partial charge is 0.253 e. The number of piperidine rings is 1. The number of carbonyl (C=O) groups excluding carboxylic acids is 2. The van der Waals surface area contributed by atoms with E-state index in [1.165, 1.54) is 4.88 Å². The number of likely N-dealkylation sites (tertiary alicyclic amines) is 1. The van der Waals surface area contributed by atoms with Gasteiger partial charge in [-0.1, -0.05) is 18.5 Å². The summed E-state index contributed by atoms with van der Waals surface area (Å²) in [6, 6.07) is 6.90. The summed E-state index contributed by atoms with van der Waals surface area (Å²) in [6.07, 6.45) is 4.82. The molecule has 5 nitrogen and oxygen atoms in total. The zero-order valence-electron chi connectivity index (χ0n) is 15.9. The molecule has 0 spiro atoms. The predicted molar refractivity (Wildman–Crippen MR) is 112 cm³/mol. The van der Waals surface area contributed by atoms with Crippen LogP contribution in [0, 0.1) is 11.8 Å². The molecule has 1 aromatic heterocycles. The van der Waals surface area contributed by atoms with Gasteiger partial charge in [-0.2, -0.15) is 0 Å². The Balaban J connectivity index is 1.39. The zero-order chi connectivity index (χ0) is 19.7. The van der Waals surface area contributed by atoms with E-state index < -0.39 is 0 Å². The van der Waals surface area contributed by atoms with Crippen LogP contribution in [-0.4, -0.2) is 34.8 Å². The first-order valence-electron chi connectivity index (χ1n) is 9.84. The van der Waals surface area contributed by atoms with Crippen LogP contribution in [0.4, 0.5) is 5.13 Å². The predicted octanol–water partition coefficient (Wildman–Crippen LogP) is 4.41. The Morgan fingerprint density at radius 1 is 1.25 bits per heavy atom. The molecule has 2 heterocycles. The van der Waals surface area contributed by atoms with Gasteiger partial charge >= 0.3 is 0 Å². The molecule has 1 N–H and O–H groups in total. The van der Waals surface area contributed by atoms with Crippen LogP contribution in [0.25, 0.3) is 0 Å². The molecule has 4 rings (SSSR count). The Morgan fingerprint density at radius 2 is 2.04 bits per heavy atom. The lowest BCUT2D eigenvalue weighted by Crippen LogP contribution is -2.43. The highest BCUT2D eigenvalue weighted by atomic mass is 35.5. The average molecular weight is 418 g/mol. The summed E-state index contributed by atoms with van der Waals surface area (Å²) in [5, 5.41) is 4.31. The number of amides is 2. The molecule has 1 aliphatic carbocycles. The largest absolute Gasteiger partial charge is 0.338 e. The van der Waals surface area contributed by atoms with E-state index in [9.17, 15) is 9.59 Å². The Labute approximate surface area is 174 Å². The quantitative estimate of drug-likeness (QED) is 0.804. The number of fused-ring (bicyclic) bond motifs is 1. The number of anilines is 1. The normalized spacial score (nSPS) is 21.9. The minimum Gasteiger partial charge on any atom is -0.338 e. The molecule has 2 aliphatic rings. The Morgan fingerprint density at radius 3 is 2.82 bits per heavy atom. The fourth-order valence-electron chi connectivity index (χ4n) is 3.95. The second kappa shape index (κ2) is 8.21. The number of rotatable bonds is 3. The van der Waals surface area contributed by atoms with E-state index in [2.05, 4.69) is 17.2 Å². The van der Waals surface area contributed by atoms with Crippen LogP contribution in [0.1, 0.15) is 47.1 Å². The van der Waals surface area contributed by atoms with Crippen LogP contribution in [-0.2, 0) is 17.6 Å². The first kappa shape index (κ1) is 19.4. The van der Waals surface area contributed by atoms with Crippen molar-refractivity contribution in [1.82, 2.24) is 9.88 Å². The van der Waals surface area contributed by atoms with Crippen molar-refractivity contribution in [3.63, 3.8) is 0 Å². The number of aromatic nitrogens is 1. The van der Waals surface area contributed by atoms with Gasteiger partial charge in [-0.05, 0) is 62.3 Å². The highest BCUT2D eigenvalue weighted by Gasteiger charge is 2.30. The number of carbonyl (C=O) groups is 2. The van der Waals surface area contributed by atoms with Crippen LogP contribution in [0.3, 0.4) is 0 Å². The second-order valence-corrected chi connectivity index (χ2v) is 9.34. The minimum absolute atomic E-state index is 0.0345. The molecule has 1 fully saturated rings. The number of halogens is 1. The number of nitrogens with zero attached hydrogens (tertiary/aromatic N) is 2. The molecule has 28 heavy (non-hydrogen) atoms. The third kappa shape index (κ3) is 4.23. The van der Waals surface area contributed by atoms with Crippen LogP contribution in [0.5, 0.6) is 0 Å². The van der Waals surface area contributed by atoms with Gasteiger partial charge in [0.05, 0.1) is 11.6 Å². The molecular formula is C21H24ClN3O2S. The number of hydrogen-bond acceptors (Lipinski definition) is 4. The monoisotopic (exact) mass is 417 g/mol. The maximum Gasteiger partial charge on any atom is 0.253 e. The molecule has 2 atom stereocenters. The van der Waals surface area contributed by atoms with Gasteiger partial charge in [0.25, 0.3) is 5.91 Å². The molecule has 0 radical (unpaired) electrons. The van der Waals surface area contributed by atoms with Gasteiger partial charge in [0.1, 0.15) is 0 Å². The van der Waals surface area contributed by atoms with E-state index in [4.69, 9.17) is 11.6 Å². The highest BCUT2D eigenvalue weighted by molar-refractivity contribution is 7.15. The summed E-state index contributed by atoms with van der Waals surface area (Å²) in [6.45, 7) is 3.37. The van der Waals surface area contributed by atoms with E-state index in [-0.39, 0.29) is 17.7 Å². The summed E-state index contributed by atoms with van der Waals surface area (Å²) in [7, 11) is 0. The third-order valence-electron chi connectivity index (χ3n) is 5.59. The lowest BCUT2D eigenvalue weighted by molar-refractivity contribution is -0.121. The summed E-state index contributed by atoms with van der Waals surface area (Å²) < 4.78 is 0. The molecule has 1 aliphatic heterocycles. The molecule has 1 aromatic carbocycles. The van der Waals surface area contributed by atoms with Crippen molar-refractivity contribution in [2.45, 2.75) is 39.0 Å². The molecule has 0 bridgehead atoms. The lowest BCUT2D eigenvalue weighted by Gasteiger charge is -2.32. The Bertz CT molecular complexity index is 880. The average Bonchev–Trinajstić information content (AvgIpc) is 3.09.